The van der Waals surface area contributed by atoms with Gasteiger partial charge in [0.25, 0.3) is 0 Å². The van der Waals surface area contributed by atoms with Crippen LogP contribution < -0.4 is 10.6 Å². The molecule has 0 fully saturated rings. The Morgan fingerprint density at radius 3 is 3.00 bits per heavy atom. The number of nitrogens with zero attached hydrogens (tertiary/aromatic N) is 2. The Morgan fingerprint density at radius 1 is 1.29 bits per heavy atom. The summed E-state index contributed by atoms with van der Waals surface area (Å²) in [4.78, 5) is 16.8. The molecule has 2 amide bonds. The maximum atomic E-state index is 11.8. The molecule has 0 aliphatic rings. The zero-order valence-corrected chi connectivity index (χ0v) is 11.8. The molecule has 0 aliphatic carbocycles. The standard InChI is InChI=1S/C14H12N4O2S/c19-14(16-9-10-4-1-2-6-15-10)17-13-8-11(20-18-13)12-5-3-7-21-12/h1-8H,9H2,(H2,16,17,18,19). The maximum Gasteiger partial charge on any atom is 0.320 e. The van der Waals surface area contributed by atoms with Gasteiger partial charge in [0.2, 0.25) is 0 Å². The molecule has 0 spiro atoms. The monoisotopic (exact) mass is 300 g/mol. The molecule has 21 heavy (non-hydrogen) atoms. The quantitative estimate of drug-likeness (QED) is 0.775. The third-order valence-electron chi connectivity index (χ3n) is 2.67. The van der Waals surface area contributed by atoms with Crippen LogP contribution in [0.3, 0.4) is 0 Å². The van der Waals surface area contributed by atoms with Gasteiger partial charge in [0.05, 0.1) is 17.1 Å². The number of aromatic nitrogens is 2. The predicted octanol–water partition coefficient (Wildman–Crippen LogP) is 3.12. The summed E-state index contributed by atoms with van der Waals surface area (Å²) in [6, 6.07) is 10.7. The van der Waals surface area contributed by atoms with Crippen molar-refractivity contribution in [1.82, 2.24) is 15.5 Å². The normalized spacial score (nSPS) is 10.3. The fraction of sp³-hybridized carbons (Fsp3) is 0.0714. The summed E-state index contributed by atoms with van der Waals surface area (Å²) in [5, 5.41) is 11.1. The highest BCUT2D eigenvalue weighted by atomic mass is 32.1. The Balaban J connectivity index is 1.55. The van der Waals surface area contributed by atoms with Crippen LogP contribution in [0.2, 0.25) is 0 Å². The number of hydrogen-bond donors (Lipinski definition) is 2. The number of carbonyl (C=O) groups is 1. The lowest BCUT2D eigenvalue weighted by Gasteiger charge is -2.04. The Labute approximate surface area is 124 Å². The second kappa shape index (κ2) is 6.19. The third kappa shape index (κ3) is 3.46. The molecule has 0 saturated carbocycles. The van der Waals surface area contributed by atoms with E-state index >= 15 is 0 Å². The van der Waals surface area contributed by atoms with Crippen LogP contribution in [0, 0.1) is 0 Å². The average Bonchev–Trinajstić information content (AvgIpc) is 3.17. The number of rotatable bonds is 4. The second-order valence-electron chi connectivity index (χ2n) is 4.18. The van der Waals surface area contributed by atoms with Gasteiger partial charge in [0.1, 0.15) is 0 Å². The molecule has 0 saturated heterocycles. The van der Waals surface area contributed by atoms with Gasteiger partial charge >= 0.3 is 6.03 Å². The van der Waals surface area contributed by atoms with Crippen LogP contribution in [0.1, 0.15) is 5.69 Å². The van der Waals surface area contributed by atoms with Crippen LogP contribution in [0.25, 0.3) is 10.6 Å². The van der Waals surface area contributed by atoms with Crippen LogP contribution >= 0.6 is 11.3 Å². The molecule has 3 aromatic heterocycles. The largest absolute Gasteiger partial charge is 0.353 e. The van der Waals surface area contributed by atoms with E-state index in [4.69, 9.17) is 4.52 Å². The van der Waals surface area contributed by atoms with E-state index in [9.17, 15) is 4.79 Å². The van der Waals surface area contributed by atoms with E-state index in [-0.39, 0.29) is 6.03 Å². The van der Waals surface area contributed by atoms with Gasteiger partial charge in [-0.05, 0) is 23.6 Å². The van der Waals surface area contributed by atoms with Crippen molar-refractivity contribution in [1.29, 1.82) is 0 Å². The first-order valence-corrected chi connectivity index (χ1v) is 7.14. The second-order valence-corrected chi connectivity index (χ2v) is 5.13. The van der Waals surface area contributed by atoms with Gasteiger partial charge in [0, 0.05) is 12.3 Å². The number of thiophene rings is 1. The van der Waals surface area contributed by atoms with Gasteiger partial charge in [-0.1, -0.05) is 17.3 Å². The summed E-state index contributed by atoms with van der Waals surface area (Å²) in [6.07, 6.45) is 1.68. The van der Waals surface area contributed by atoms with E-state index in [0.29, 0.717) is 18.1 Å². The van der Waals surface area contributed by atoms with Crippen molar-refractivity contribution in [3.63, 3.8) is 0 Å². The summed E-state index contributed by atoms with van der Waals surface area (Å²) >= 11 is 1.55. The Kier molecular flexibility index (Phi) is 3.92. The van der Waals surface area contributed by atoms with E-state index in [0.717, 1.165) is 10.6 Å². The van der Waals surface area contributed by atoms with E-state index in [2.05, 4.69) is 20.8 Å². The van der Waals surface area contributed by atoms with Crippen molar-refractivity contribution >= 4 is 23.2 Å². The molecule has 0 aromatic carbocycles. The number of amides is 2. The molecular formula is C14H12N4O2S. The Morgan fingerprint density at radius 2 is 2.24 bits per heavy atom. The van der Waals surface area contributed by atoms with Crippen LogP contribution in [0.15, 0.2) is 52.5 Å². The summed E-state index contributed by atoms with van der Waals surface area (Å²) < 4.78 is 5.18. The van der Waals surface area contributed by atoms with Gasteiger partial charge in [-0.2, -0.15) is 0 Å². The summed E-state index contributed by atoms with van der Waals surface area (Å²) in [5.41, 5.74) is 0.784. The van der Waals surface area contributed by atoms with E-state index in [1.165, 1.54) is 0 Å². The molecule has 6 nitrogen and oxygen atoms in total. The minimum atomic E-state index is -0.355. The molecule has 2 N–H and O–H groups in total. The van der Waals surface area contributed by atoms with Crippen molar-refractivity contribution in [3.05, 3.63) is 53.7 Å². The minimum absolute atomic E-state index is 0.350. The highest BCUT2D eigenvalue weighted by Gasteiger charge is 2.10. The molecule has 3 heterocycles. The summed E-state index contributed by atoms with van der Waals surface area (Å²) in [5.74, 6) is 1.00. The zero-order valence-electron chi connectivity index (χ0n) is 10.9. The van der Waals surface area contributed by atoms with Crippen molar-refractivity contribution in [2.24, 2.45) is 0 Å². The van der Waals surface area contributed by atoms with Gasteiger partial charge in [-0.25, -0.2) is 4.79 Å². The molecule has 0 aliphatic heterocycles. The third-order valence-corrected chi connectivity index (χ3v) is 3.56. The summed E-state index contributed by atoms with van der Waals surface area (Å²) in [6.45, 7) is 0.350. The first kappa shape index (κ1) is 13.3. The lowest BCUT2D eigenvalue weighted by atomic mass is 10.3. The van der Waals surface area contributed by atoms with Crippen LogP contribution in [-0.4, -0.2) is 16.2 Å². The first-order chi connectivity index (χ1) is 10.3. The lowest BCUT2D eigenvalue weighted by Crippen LogP contribution is -2.28. The smallest absolute Gasteiger partial charge is 0.320 e. The fourth-order valence-corrected chi connectivity index (χ4v) is 2.38. The predicted molar refractivity (Wildman–Crippen MR) is 79.9 cm³/mol. The molecule has 3 rings (SSSR count). The van der Waals surface area contributed by atoms with Crippen molar-refractivity contribution in [3.8, 4) is 10.6 Å². The van der Waals surface area contributed by atoms with Gasteiger partial charge in [-0.15, -0.1) is 11.3 Å². The Hall–Kier alpha value is -2.67. The number of urea groups is 1. The average molecular weight is 300 g/mol. The molecule has 7 heteroatoms. The van der Waals surface area contributed by atoms with Crippen LogP contribution in [-0.2, 0) is 6.54 Å². The zero-order chi connectivity index (χ0) is 14.5. The molecule has 3 aromatic rings. The van der Waals surface area contributed by atoms with Crippen molar-refractivity contribution in [2.75, 3.05) is 5.32 Å². The van der Waals surface area contributed by atoms with Gasteiger partial charge in [-0.3, -0.25) is 10.3 Å². The maximum absolute atomic E-state index is 11.8. The molecule has 106 valence electrons. The van der Waals surface area contributed by atoms with E-state index < -0.39 is 0 Å². The molecular weight excluding hydrogens is 288 g/mol. The minimum Gasteiger partial charge on any atom is -0.353 e. The molecule has 0 radical (unpaired) electrons. The van der Waals surface area contributed by atoms with Gasteiger partial charge < -0.3 is 9.84 Å². The number of pyridine rings is 1. The number of carbonyl (C=O) groups excluding carboxylic acids is 1. The highest BCUT2D eigenvalue weighted by Crippen LogP contribution is 2.26. The van der Waals surface area contributed by atoms with Crippen LogP contribution in [0.4, 0.5) is 10.6 Å². The number of hydrogen-bond acceptors (Lipinski definition) is 5. The van der Waals surface area contributed by atoms with Gasteiger partial charge in [0.15, 0.2) is 11.6 Å². The fourth-order valence-electron chi connectivity index (χ4n) is 1.70. The SMILES string of the molecule is O=C(NCc1ccccn1)Nc1cc(-c2cccs2)on1. The highest BCUT2D eigenvalue weighted by molar-refractivity contribution is 7.13. The molecule has 0 atom stereocenters. The van der Waals surface area contributed by atoms with Crippen LogP contribution in [0.5, 0.6) is 0 Å². The first-order valence-electron chi connectivity index (χ1n) is 6.26. The van der Waals surface area contributed by atoms with Crippen molar-refractivity contribution < 1.29 is 9.32 Å². The van der Waals surface area contributed by atoms with Crippen molar-refractivity contribution in [2.45, 2.75) is 6.54 Å². The molecule has 0 bridgehead atoms. The van der Waals surface area contributed by atoms with E-state index in [1.807, 2.05) is 35.7 Å². The topological polar surface area (TPSA) is 80.0 Å². The summed E-state index contributed by atoms with van der Waals surface area (Å²) in [7, 11) is 0. The molecule has 0 unspecified atom stereocenters. The van der Waals surface area contributed by atoms with E-state index in [1.54, 1.807) is 23.6 Å². The lowest BCUT2D eigenvalue weighted by molar-refractivity contribution is 0.251. The number of nitrogens with one attached hydrogen (secondary N) is 2. The Bertz CT molecular complexity index is 710. The number of anilines is 1.